The third-order valence-corrected chi connectivity index (χ3v) is 3.97. The van der Waals surface area contributed by atoms with Crippen LogP contribution in [0.1, 0.15) is 37.3 Å². The summed E-state index contributed by atoms with van der Waals surface area (Å²) in [6.45, 7) is 5.82. The minimum Gasteiger partial charge on any atom is -0.464 e. The molecule has 1 aromatic heterocycles. The Hall–Kier alpha value is -1.97. The van der Waals surface area contributed by atoms with Gasteiger partial charge in [-0.1, -0.05) is 0 Å². The zero-order valence-electron chi connectivity index (χ0n) is 12.5. The molecule has 1 N–H and O–H groups in total. The molecule has 21 heavy (non-hydrogen) atoms. The van der Waals surface area contributed by atoms with Gasteiger partial charge in [0.2, 0.25) is 0 Å². The molecule has 1 fully saturated rings. The van der Waals surface area contributed by atoms with Crippen molar-refractivity contribution < 1.29 is 8.81 Å². The third kappa shape index (κ3) is 3.04. The van der Waals surface area contributed by atoms with Gasteiger partial charge in [0.15, 0.2) is 0 Å². The predicted molar refractivity (Wildman–Crippen MR) is 83.3 cm³/mol. The molecule has 0 radical (unpaired) electrons. The summed E-state index contributed by atoms with van der Waals surface area (Å²) in [5.74, 6) is 1.58. The molecular weight excluding hydrogens is 267 g/mol. The van der Waals surface area contributed by atoms with E-state index in [4.69, 9.17) is 4.42 Å². The van der Waals surface area contributed by atoms with Crippen molar-refractivity contribution in [3.8, 4) is 0 Å². The summed E-state index contributed by atoms with van der Waals surface area (Å²) < 4.78 is 19.8. The van der Waals surface area contributed by atoms with Gasteiger partial charge in [-0.2, -0.15) is 0 Å². The molecular formula is C17H21FN2O. The Kier molecular flexibility index (Phi) is 3.86. The molecule has 1 saturated heterocycles. The zero-order chi connectivity index (χ0) is 14.8. The molecule has 0 bridgehead atoms. The third-order valence-electron chi connectivity index (χ3n) is 3.97. The SMILES string of the molecule is Cc1ccc(C(C)Nc2ccc(N3CCCC3)c(F)c2)o1. The molecule has 3 nitrogen and oxygen atoms in total. The summed E-state index contributed by atoms with van der Waals surface area (Å²) in [5.41, 5.74) is 1.48. The fourth-order valence-corrected chi connectivity index (χ4v) is 2.82. The monoisotopic (exact) mass is 288 g/mol. The van der Waals surface area contributed by atoms with E-state index in [2.05, 4.69) is 10.2 Å². The van der Waals surface area contributed by atoms with Crippen LogP contribution in [-0.2, 0) is 0 Å². The lowest BCUT2D eigenvalue weighted by Crippen LogP contribution is -2.19. The van der Waals surface area contributed by atoms with Crippen molar-refractivity contribution in [2.24, 2.45) is 0 Å². The van der Waals surface area contributed by atoms with Gasteiger partial charge in [-0.15, -0.1) is 0 Å². The minimum absolute atomic E-state index is 0.00994. The second kappa shape index (κ2) is 5.80. The number of anilines is 2. The lowest BCUT2D eigenvalue weighted by atomic mass is 10.2. The lowest BCUT2D eigenvalue weighted by Gasteiger charge is -2.20. The molecule has 1 aliphatic rings. The van der Waals surface area contributed by atoms with Crippen LogP contribution >= 0.6 is 0 Å². The Morgan fingerprint density at radius 2 is 1.95 bits per heavy atom. The fraction of sp³-hybridized carbons (Fsp3) is 0.412. The van der Waals surface area contributed by atoms with Crippen LogP contribution in [0.4, 0.5) is 15.8 Å². The van der Waals surface area contributed by atoms with E-state index >= 15 is 0 Å². The Morgan fingerprint density at radius 1 is 1.19 bits per heavy atom. The summed E-state index contributed by atoms with van der Waals surface area (Å²) in [6, 6.07) is 9.26. The highest BCUT2D eigenvalue weighted by Crippen LogP contribution is 2.28. The van der Waals surface area contributed by atoms with Crippen LogP contribution in [0.5, 0.6) is 0 Å². The first-order valence-electron chi connectivity index (χ1n) is 7.51. The van der Waals surface area contributed by atoms with E-state index in [0.717, 1.165) is 43.1 Å². The molecule has 1 unspecified atom stereocenters. The van der Waals surface area contributed by atoms with Gasteiger partial charge >= 0.3 is 0 Å². The van der Waals surface area contributed by atoms with Gasteiger partial charge in [0, 0.05) is 18.8 Å². The van der Waals surface area contributed by atoms with Crippen LogP contribution in [0.2, 0.25) is 0 Å². The Bertz CT molecular complexity index is 617. The maximum absolute atomic E-state index is 14.3. The number of furan rings is 1. The number of aryl methyl sites for hydroxylation is 1. The van der Waals surface area contributed by atoms with Crippen molar-refractivity contribution in [3.63, 3.8) is 0 Å². The van der Waals surface area contributed by atoms with Gasteiger partial charge in [0.1, 0.15) is 17.3 Å². The highest BCUT2D eigenvalue weighted by atomic mass is 19.1. The fourth-order valence-electron chi connectivity index (χ4n) is 2.82. The van der Waals surface area contributed by atoms with Crippen LogP contribution in [-0.4, -0.2) is 13.1 Å². The van der Waals surface area contributed by atoms with Crippen molar-refractivity contribution in [2.45, 2.75) is 32.7 Å². The topological polar surface area (TPSA) is 28.4 Å². The largest absolute Gasteiger partial charge is 0.464 e. The molecule has 0 spiro atoms. The normalized spacial score (nSPS) is 16.2. The molecule has 2 aromatic rings. The number of hydrogen-bond acceptors (Lipinski definition) is 3. The maximum Gasteiger partial charge on any atom is 0.148 e. The lowest BCUT2D eigenvalue weighted by molar-refractivity contribution is 0.467. The van der Waals surface area contributed by atoms with Gasteiger partial charge in [0.25, 0.3) is 0 Å². The Morgan fingerprint density at radius 3 is 2.57 bits per heavy atom. The van der Waals surface area contributed by atoms with Gasteiger partial charge in [-0.3, -0.25) is 0 Å². The zero-order valence-corrected chi connectivity index (χ0v) is 12.5. The van der Waals surface area contributed by atoms with Crippen LogP contribution in [0.25, 0.3) is 0 Å². The quantitative estimate of drug-likeness (QED) is 0.898. The van der Waals surface area contributed by atoms with Crippen LogP contribution in [0.3, 0.4) is 0 Å². The van der Waals surface area contributed by atoms with Gasteiger partial charge in [-0.25, -0.2) is 4.39 Å². The molecule has 112 valence electrons. The van der Waals surface area contributed by atoms with E-state index in [1.54, 1.807) is 6.07 Å². The average molecular weight is 288 g/mol. The second-order valence-electron chi connectivity index (χ2n) is 5.67. The number of nitrogens with one attached hydrogen (secondary N) is 1. The maximum atomic E-state index is 14.3. The van der Waals surface area contributed by atoms with Gasteiger partial charge in [0.05, 0.1) is 11.7 Å². The van der Waals surface area contributed by atoms with E-state index in [1.165, 1.54) is 0 Å². The van der Waals surface area contributed by atoms with Crippen LogP contribution < -0.4 is 10.2 Å². The summed E-state index contributed by atoms with van der Waals surface area (Å²) in [4.78, 5) is 2.11. The number of hydrogen-bond donors (Lipinski definition) is 1. The number of nitrogens with zero attached hydrogens (tertiary/aromatic N) is 1. The minimum atomic E-state index is -0.162. The average Bonchev–Trinajstić information content (AvgIpc) is 3.10. The highest BCUT2D eigenvalue weighted by molar-refractivity contribution is 5.57. The molecule has 1 aromatic carbocycles. The van der Waals surface area contributed by atoms with Crippen molar-refractivity contribution in [2.75, 3.05) is 23.3 Å². The first kappa shape index (κ1) is 14.0. The molecule has 1 aliphatic heterocycles. The molecule has 3 rings (SSSR count). The summed E-state index contributed by atoms with van der Waals surface area (Å²) in [5, 5.41) is 3.28. The van der Waals surface area contributed by atoms with Crippen molar-refractivity contribution in [1.29, 1.82) is 0 Å². The molecule has 0 aliphatic carbocycles. The molecule has 1 atom stereocenters. The second-order valence-corrected chi connectivity index (χ2v) is 5.67. The number of rotatable bonds is 4. The van der Waals surface area contributed by atoms with E-state index < -0.39 is 0 Å². The highest BCUT2D eigenvalue weighted by Gasteiger charge is 2.17. The standard InChI is InChI=1S/C17H21FN2O/c1-12-5-8-17(21-12)13(2)19-14-6-7-16(15(18)11-14)20-9-3-4-10-20/h5-8,11,13,19H,3-4,9-10H2,1-2H3. The molecule has 4 heteroatoms. The van der Waals surface area contributed by atoms with Crippen molar-refractivity contribution >= 4 is 11.4 Å². The van der Waals surface area contributed by atoms with Crippen molar-refractivity contribution in [3.05, 3.63) is 47.7 Å². The summed E-state index contributed by atoms with van der Waals surface area (Å²) >= 11 is 0. The molecule has 2 heterocycles. The summed E-state index contributed by atoms with van der Waals surface area (Å²) in [7, 11) is 0. The first-order valence-corrected chi connectivity index (χ1v) is 7.51. The Balaban J connectivity index is 1.72. The van der Waals surface area contributed by atoms with E-state index in [0.29, 0.717) is 5.69 Å². The van der Waals surface area contributed by atoms with E-state index in [1.807, 2.05) is 38.1 Å². The van der Waals surface area contributed by atoms with E-state index in [9.17, 15) is 4.39 Å². The predicted octanol–water partition coefficient (Wildman–Crippen LogP) is 4.50. The smallest absolute Gasteiger partial charge is 0.148 e. The van der Waals surface area contributed by atoms with Crippen molar-refractivity contribution in [1.82, 2.24) is 0 Å². The molecule has 0 saturated carbocycles. The molecule has 0 amide bonds. The number of halogens is 1. The van der Waals surface area contributed by atoms with Gasteiger partial charge < -0.3 is 14.6 Å². The Labute approximate surface area is 124 Å². The van der Waals surface area contributed by atoms with E-state index in [-0.39, 0.29) is 11.9 Å². The van der Waals surface area contributed by atoms with Crippen LogP contribution in [0.15, 0.2) is 34.7 Å². The van der Waals surface area contributed by atoms with Gasteiger partial charge in [-0.05, 0) is 57.0 Å². The first-order chi connectivity index (χ1) is 10.1. The number of benzene rings is 1. The van der Waals surface area contributed by atoms with Crippen LogP contribution in [0, 0.1) is 12.7 Å². The summed E-state index contributed by atoms with van der Waals surface area (Å²) in [6.07, 6.45) is 2.29.